The standard InChI is InChI=1S/C22H26N6O4S/c1-14-4-9-20(25-24-14)28-12-10-17(11-13-28)21(29)23-18-5-7-19(8-6-18)33(30,31)27-22-15(2)16(3)26-32-22/h4-9,17,27H,10-13H2,1-3H3,(H,23,29). The van der Waals surface area contributed by atoms with Crippen molar-refractivity contribution in [1.82, 2.24) is 15.4 Å². The van der Waals surface area contributed by atoms with Crippen LogP contribution < -0.4 is 14.9 Å². The number of aryl methyl sites for hydroxylation is 2. The second kappa shape index (κ2) is 9.18. The number of rotatable bonds is 6. The van der Waals surface area contributed by atoms with Crippen LogP contribution in [0.4, 0.5) is 17.4 Å². The fourth-order valence-corrected chi connectivity index (χ4v) is 4.63. The number of aromatic nitrogens is 3. The highest BCUT2D eigenvalue weighted by atomic mass is 32.2. The summed E-state index contributed by atoms with van der Waals surface area (Å²) in [4.78, 5) is 14.9. The van der Waals surface area contributed by atoms with Gasteiger partial charge < -0.3 is 14.7 Å². The molecule has 0 radical (unpaired) electrons. The molecule has 1 aliphatic heterocycles. The van der Waals surface area contributed by atoms with E-state index in [9.17, 15) is 13.2 Å². The number of piperidine rings is 1. The van der Waals surface area contributed by atoms with Crippen LogP contribution in [0.2, 0.25) is 0 Å². The number of carbonyl (C=O) groups is 1. The summed E-state index contributed by atoms with van der Waals surface area (Å²) >= 11 is 0. The van der Waals surface area contributed by atoms with Crippen molar-refractivity contribution >= 4 is 33.3 Å². The van der Waals surface area contributed by atoms with Crippen LogP contribution in [0.5, 0.6) is 0 Å². The Morgan fingerprint density at radius 3 is 2.30 bits per heavy atom. The Bertz CT molecular complexity index is 1230. The van der Waals surface area contributed by atoms with E-state index < -0.39 is 10.0 Å². The van der Waals surface area contributed by atoms with Crippen LogP contribution in [0, 0.1) is 26.7 Å². The summed E-state index contributed by atoms with van der Waals surface area (Å²) in [5.74, 6) is 0.710. The second-order valence-electron chi connectivity index (χ2n) is 8.14. The molecule has 3 heterocycles. The van der Waals surface area contributed by atoms with E-state index in [1.54, 1.807) is 26.0 Å². The van der Waals surface area contributed by atoms with Gasteiger partial charge in [0.25, 0.3) is 10.0 Å². The van der Waals surface area contributed by atoms with Crippen molar-refractivity contribution < 1.29 is 17.7 Å². The van der Waals surface area contributed by atoms with Crippen LogP contribution in [0.25, 0.3) is 0 Å². The predicted molar refractivity (Wildman–Crippen MR) is 124 cm³/mol. The molecule has 11 heteroatoms. The third-order valence-corrected chi connectivity index (χ3v) is 7.14. The number of nitrogens with one attached hydrogen (secondary N) is 2. The third-order valence-electron chi connectivity index (χ3n) is 5.79. The lowest BCUT2D eigenvalue weighted by Crippen LogP contribution is -2.38. The molecule has 1 fully saturated rings. The van der Waals surface area contributed by atoms with Crippen molar-refractivity contribution in [3.05, 3.63) is 53.3 Å². The van der Waals surface area contributed by atoms with E-state index >= 15 is 0 Å². The Kier molecular flexibility index (Phi) is 6.32. The first-order valence-corrected chi connectivity index (χ1v) is 12.1. The second-order valence-corrected chi connectivity index (χ2v) is 9.82. The summed E-state index contributed by atoms with van der Waals surface area (Å²) in [6.45, 7) is 6.79. The molecule has 0 unspecified atom stereocenters. The number of hydrogen-bond donors (Lipinski definition) is 2. The van der Waals surface area contributed by atoms with Gasteiger partial charge in [0.15, 0.2) is 5.82 Å². The van der Waals surface area contributed by atoms with Crippen molar-refractivity contribution in [2.75, 3.05) is 28.0 Å². The zero-order chi connectivity index (χ0) is 23.6. The third kappa shape index (κ3) is 5.14. The maximum atomic E-state index is 12.7. The number of carbonyl (C=O) groups excluding carboxylic acids is 1. The topological polar surface area (TPSA) is 130 Å². The molecular weight excluding hydrogens is 444 g/mol. The predicted octanol–water partition coefficient (Wildman–Crippen LogP) is 3.05. The lowest BCUT2D eigenvalue weighted by molar-refractivity contribution is -0.120. The zero-order valence-electron chi connectivity index (χ0n) is 18.7. The van der Waals surface area contributed by atoms with Crippen molar-refractivity contribution in [3.63, 3.8) is 0 Å². The van der Waals surface area contributed by atoms with Gasteiger partial charge in [-0.3, -0.25) is 4.79 Å². The van der Waals surface area contributed by atoms with Gasteiger partial charge in [-0.05, 0) is 70.0 Å². The quantitative estimate of drug-likeness (QED) is 0.562. The van der Waals surface area contributed by atoms with Gasteiger partial charge in [-0.2, -0.15) is 5.10 Å². The molecule has 174 valence electrons. The molecule has 0 spiro atoms. The smallest absolute Gasteiger partial charge is 0.264 e. The molecule has 3 aromatic rings. The molecular formula is C22H26N6O4S. The largest absolute Gasteiger partial charge is 0.355 e. The number of hydrogen-bond acceptors (Lipinski definition) is 8. The molecule has 0 atom stereocenters. The van der Waals surface area contributed by atoms with Gasteiger partial charge in [-0.25, -0.2) is 13.1 Å². The van der Waals surface area contributed by atoms with Gasteiger partial charge in [-0.1, -0.05) is 5.16 Å². The first-order valence-electron chi connectivity index (χ1n) is 10.6. The molecule has 0 aliphatic carbocycles. The fourth-order valence-electron chi connectivity index (χ4n) is 3.58. The van der Waals surface area contributed by atoms with Crippen LogP contribution >= 0.6 is 0 Å². The number of sulfonamides is 1. The maximum absolute atomic E-state index is 12.7. The normalized spacial score (nSPS) is 14.8. The molecule has 2 N–H and O–H groups in total. The number of nitrogens with zero attached hydrogens (tertiary/aromatic N) is 4. The van der Waals surface area contributed by atoms with E-state index in [4.69, 9.17) is 4.52 Å². The number of anilines is 3. The van der Waals surface area contributed by atoms with Gasteiger partial charge in [0.1, 0.15) is 0 Å². The molecule has 0 saturated carbocycles. The molecule has 10 nitrogen and oxygen atoms in total. The van der Waals surface area contributed by atoms with Gasteiger partial charge >= 0.3 is 0 Å². The maximum Gasteiger partial charge on any atom is 0.264 e. The van der Waals surface area contributed by atoms with Gasteiger partial charge in [0.05, 0.1) is 16.3 Å². The lowest BCUT2D eigenvalue weighted by atomic mass is 9.96. The highest BCUT2D eigenvalue weighted by molar-refractivity contribution is 7.92. The van der Waals surface area contributed by atoms with Crippen molar-refractivity contribution in [1.29, 1.82) is 0 Å². The highest BCUT2D eigenvalue weighted by Crippen LogP contribution is 2.25. The average Bonchev–Trinajstić information content (AvgIpc) is 3.12. The minimum Gasteiger partial charge on any atom is -0.355 e. The van der Waals surface area contributed by atoms with Gasteiger partial charge in [0, 0.05) is 30.3 Å². The Balaban J connectivity index is 1.33. The summed E-state index contributed by atoms with van der Waals surface area (Å²) in [6, 6.07) is 9.89. The molecule has 1 aromatic carbocycles. The van der Waals surface area contributed by atoms with Gasteiger partial charge in [0.2, 0.25) is 11.8 Å². The monoisotopic (exact) mass is 470 g/mol. The van der Waals surface area contributed by atoms with Crippen molar-refractivity contribution in [2.45, 2.75) is 38.5 Å². The van der Waals surface area contributed by atoms with Crippen LogP contribution in [-0.4, -0.2) is 42.8 Å². The number of benzene rings is 1. The van der Waals surface area contributed by atoms with Crippen LogP contribution in [0.15, 0.2) is 45.8 Å². The lowest BCUT2D eigenvalue weighted by Gasteiger charge is -2.31. The summed E-state index contributed by atoms with van der Waals surface area (Å²) in [7, 11) is -3.84. The molecule has 2 aromatic heterocycles. The Morgan fingerprint density at radius 1 is 1.03 bits per heavy atom. The molecule has 33 heavy (non-hydrogen) atoms. The Morgan fingerprint density at radius 2 is 1.73 bits per heavy atom. The van der Waals surface area contributed by atoms with E-state index in [-0.39, 0.29) is 22.6 Å². The van der Waals surface area contributed by atoms with Crippen LogP contribution in [0.1, 0.15) is 29.8 Å². The van der Waals surface area contributed by atoms with Crippen LogP contribution in [-0.2, 0) is 14.8 Å². The van der Waals surface area contributed by atoms with Crippen molar-refractivity contribution in [2.24, 2.45) is 5.92 Å². The molecule has 1 amide bonds. The minimum atomic E-state index is -3.84. The summed E-state index contributed by atoms with van der Waals surface area (Å²) in [5.41, 5.74) is 2.65. The summed E-state index contributed by atoms with van der Waals surface area (Å²) < 4.78 is 32.6. The summed E-state index contributed by atoms with van der Waals surface area (Å²) in [5, 5.41) is 14.9. The Hall–Kier alpha value is -3.47. The molecule has 0 bridgehead atoms. The van der Waals surface area contributed by atoms with E-state index in [0.29, 0.717) is 29.8 Å². The van der Waals surface area contributed by atoms with Crippen molar-refractivity contribution in [3.8, 4) is 0 Å². The first kappa shape index (κ1) is 22.7. The van der Waals surface area contributed by atoms with Crippen LogP contribution in [0.3, 0.4) is 0 Å². The zero-order valence-corrected chi connectivity index (χ0v) is 19.5. The van der Waals surface area contributed by atoms with E-state index in [2.05, 4.69) is 30.3 Å². The highest BCUT2D eigenvalue weighted by Gasteiger charge is 2.26. The van der Waals surface area contributed by atoms with Gasteiger partial charge in [-0.15, -0.1) is 5.10 Å². The fraction of sp³-hybridized carbons (Fsp3) is 0.364. The molecule has 4 rings (SSSR count). The Labute approximate surface area is 192 Å². The SMILES string of the molecule is Cc1ccc(N2CCC(C(=O)Nc3ccc(S(=O)(=O)Nc4onc(C)c4C)cc3)CC2)nn1. The van der Waals surface area contributed by atoms with E-state index in [0.717, 1.165) is 24.6 Å². The summed E-state index contributed by atoms with van der Waals surface area (Å²) in [6.07, 6.45) is 1.40. The molecule has 1 aliphatic rings. The average molecular weight is 471 g/mol. The number of amides is 1. The molecule has 1 saturated heterocycles. The van der Waals surface area contributed by atoms with E-state index in [1.165, 1.54) is 12.1 Å². The first-order chi connectivity index (χ1) is 15.7. The van der Waals surface area contributed by atoms with E-state index in [1.807, 2.05) is 19.1 Å². The minimum absolute atomic E-state index is 0.0569.